The number of nitrogens with one attached hydrogen (secondary N) is 1. The van der Waals surface area contributed by atoms with Crippen molar-refractivity contribution in [3.8, 4) is 0 Å². The molecule has 1 heterocycles. The first-order valence-electron chi connectivity index (χ1n) is 6.02. The largest absolute Gasteiger partial charge is 0.311 e. The maximum atomic E-state index is 4.29. The molecule has 2 heteroatoms. The molecule has 0 aliphatic heterocycles. The first kappa shape index (κ1) is 11.8. The Bertz CT molecular complexity index is 425. The average molecular weight is 226 g/mol. The van der Waals surface area contributed by atoms with E-state index in [0.29, 0.717) is 5.92 Å². The molecule has 1 atom stereocenters. The molecule has 2 nitrogen and oxygen atoms in total. The van der Waals surface area contributed by atoms with Crippen LogP contribution in [-0.2, 0) is 6.54 Å². The summed E-state index contributed by atoms with van der Waals surface area (Å²) in [6, 6.07) is 16.6. The van der Waals surface area contributed by atoms with Gasteiger partial charge in [-0.25, -0.2) is 0 Å². The van der Waals surface area contributed by atoms with Gasteiger partial charge in [-0.1, -0.05) is 43.3 Å². The number of nitrogens with zero attached hydrogens (tertiary/aromatic N) is 1. The van der Waals surface area contributed by atoms with Crippen molar-refractivity contribution in [2.45, 2.75) is 19.4 Å². The van der Waals surface area contributed by atoms with Crippen molar-refractivity contribution in [2.75, 3.05) is 6.54 Å². The van der Waals surface area contributed by atoms with Crippen LogP contribution in [0.3, 0.4) is 0 Å². The third-order valence-corrected chi connectivity index (χ3v) is 2.85. The molecule has 1 aromatic carbocycles. The van der Waals surface area contributed by atoms with Crippen molar-refractivity contribution >= 4 is 0 Å². The van der Waals surface area contributed by atoms with Crippen molar-refractivity contribution in [1.82, 2.24) is 10.3 Å². The van der Waals surface area contributed by atoms with Gasteiger partial charge in [-0.15, -0.1) is 0 Å². The summed E-state index contributed by atoms with van der Waals surface area (Å²) in [5, 5.41) is 3.44. The second-order valence-electron chi connectivity index (χ2n) is 4.26. The third kappa shape index (κ3) is 3.68. The standard InChI is InChI=1S/C15H18N2/c1-13(14-7-3-2-4-8-14)11-16-12-15-9-5-6-10-17-15/h2-10,13,16H,11-12H2,1H3/t13-/m0/s1. The Morgan fingerprint density at radius 1 is 1.06 bits per heavy atom. The lowest BCUT2D eigenvalue weighted by atomic mass is 10.0. The number of hydrogen-bond acceptors (Lipinski definition) is 2. The van der Waals surface area contributed by atoms with E-state index < -0.39 is 0 Å². The van der Waals surface area contributed by atoms with Crippen molar-refractivity contribution in [1.29, 1.82) is 0 Å². The molecule has 0 aliphatic rings. The maximum absolute atomic E-state index is 4.29. The first-order chi connectivity index (χ1) is 8.36. The van der Waals surface area contributed by atoms with Crippen LogP contribution in [0.5, 0.6) is 0 Å². The Morgan fingerprint density at radius 3 is 2.53 bits per heavy atom. The van der Waals surface area contributed by atoms with E-state index in [0.717, 1.165) is 18.8 Å². The van der Waals surface area contributed by atoms with Crippen molar-refractivity contribution in [3.63, 3.8) is 0 Å². The predicted octanol–water partition coefficient (Wildman–Crippen LogP) is 2.97. The van der Waals surface area contributed by atoms with Crippen LogP contribution >= 0.6 is 0 Å². The van der Waals surface area contributed by atoms with Gasteiger partial charge in [0.1, 0.15) is 0 Å². The fourth-order valence-corrected chi connectivity index (χ4v) is 1.82. The quantitative estimate of drug-likeness (QED) is 0.847. The Labute approximate surface area is 103 Å². The first-order valence-corrected chi connectivity index (χ1v) is 6.02. The van der Waals surface area contributed by atoms with Crippen LogP contribution < -0.4 is 5.32 Å². The highest BCUT2D eigenvalue weighted by Crippen LogP contribution is 2.13. The van der Waals surface area contributed by atoms with Gasteiger partial charge in [-0.2, -0.15) is 0 Å². The molecule has 0 spiro atoms. The summed E-state index contributed by atoms with van der Waals surface area (Å²) in [5.41, 5.74) is 2.47. The highest BCUT2D eigenvalue weighted by molar-refractivity contribution is 5.19. The average Bonchev–Trinajstić information content (AvgIpc) is 2.41. The van der Waals surface area contributed by atoms with Crippen molar-refractivity contribution < 1.29 is 0 Å². The van der Waals surface area contributed by atoms with Gasteiger partial charge in [0.15, 0.2) is 0 Å². The van der Waals surface area contributed by atoms with Crippen LogP contribution in [0.15, 0.2) is 54.7 Å². The molecule has 0 aliphatic carbocycles. The Kier molecular flexibility index (Phi) is 4.28. The van der Waals surface area contributed by atoms with Crippen LogP contribution in [-0.4, -0.2) is 11.5 Å². The van der Waals surface area contributed by atoms with Gasteiger partial charge >= 0.3 is 0 Å². The van der Waals surface area contributed by atoms with Crippen LogP contribution in [0.25, 0.3) is 0 Å². The van der Waals surface area contributed by atoms with Gasteiger partial charge in [0, 0.05) is 19.3 Å². The van der Waals surface area contributed by atoms with Gasteiger partial charge in [0.25, 0.3) is 0 Å². The van der Waals surface area contributed by atoms with Gasteiger partial charge in [0.05, 0.1) is 5.69 Å². The van der Waals surface area contributed by atoms with Gasteiger partial charge in [-0.05, 0) is 23.6 Å². The Balaban J connectivity index is 1.79. The van der Waals surface area contributed by atoms with E-state index in [-0.39, 0.29) is 0 Å². The lowest BCUT2D eigenvalue weighted by Crippen LogP contribution is -2.20. The third-order valence-electron chi connectivity index (χ3n) is 2.85. The Hall–Kier alpha value is -1.67. The van der Waals surface area contributed by atoms with Crippen molar-refractivity contribution in [3.05, 3.63) is 66.0 Å². The molecule has 1 aromatic heterocycles. The molecule has 2 rings (SSSR count). The molecule has 88 valence electrons. The predicted molar refractivity (Wildman–Crippen MR) is 70.8 cm³/mol. The molecule has 0 bridgehead atoms. The molecular weight excluding hydrogens is 208 g/mol. The van der Waals surface area contributed by atoms with E-state index in [4.69, 9.17) is 0 Å². The molecule has 2 aromatic rings. The molecule has 1 N–H and O–H groups in total. The fraction of sp³-hybridized carbons (Fsp3) is 0.267. The minimum Gasteiger partial charge on any atom is -0.311 e. The minimum atomic E-state index is 0.528. The number of pyridine rings is 1. The van der Waals surface area contributed by atoms with E-state index in [1.807, 2.05) is 24.4 Å². The number of aromatic nitrogens is 1. The van der Waals surface area contributed by atoms with Crippen LogP contribution in [0.2, 0.25) is 0 Å². The molecule has 0 saturated heterocycles. The monoisotopic (exact) mass is 226 g/mol. The normalized spacial score (nSPS) is 12.3. The van der Waals surface area contributed by atoms with E-state index >= 15 is 0 Å². The smallest absolute Gasteiger partial charge is 0.0541 e. The SMILES string of the molecule is C[C@@H](CNCc1ccccn1)c1ccccc1. The molecule has 0 radical (unpaired) electrons. The second kappa shape index (κ2) is 6.16. The zero-order chi connectivity index (χ0) is 11.9. The molecule has 0 amide bonds. The molecule has 0 saturated carbocycles. The molecule has 17 heavy (non-hydrogen) atoms. The van der Waals surface area contributed by atoms with E-state index in [2.05, 4.69) is 47.6 Å². The zero-order valence-corrected chi connectivity index (χ0v) is 10.1. The molecule has 0 unspecified atom stereocenters. The number of hydrogen-bond donors (Lipinski definition) is 1. The summed E-state index contributed by atoms with van der Waals surface area (Å²) in [5.74, 6) is 0.528. The summed E-state index contributed by atoms with van der Waals surface area (Å²) >= 11 is 0. The fourth-order valence-electron chi connectivity index (χ4n) is 1.82. The number of rotatable bonds is 5. The highest BCUT2D eigenvalue weighted by atomic mass is 14.9. The van der Waals surface area contributed by atoms with E-state index in [1.54, 1.807) is 0 Å². The molecular formula is C15H18N2. The summed E-state index contributed by atoms with van der Waals surface area (Å²) in [6.45, 7) is 4.04. The molecule has 0 fully saturated rings. The summed E-state index contributed by atoms with van der Waals surface area (Å²) in [4.78, 5) is 4.29. The van der Waals surface area contributed by atoms with Crippen LogP contribution in [0.4, 0.5) is 0 Å². The van der Waals surface area contributed by atoms with Gasteiger partial charge in [-0.3, -0.25) is 4.98 Å². The van der Waals surface area contributed by atoms with Gasteiger partial charge in [0.2, 0.25) is 0 Å². The Morgan fingerprint density at radius 2 is 1.82 bits per heavy atom. The van der Waals surface area contributed by atoms with Gasteiger partial charge < -0.3 is 5.32 Å². The van der Waals surface area contributed by atoms with Crippen LogP contribution in [0.1, 0.15) is 24.1 Å². The summed E-state index contributed by atoms with van der Waals surface area (Å²) in [7, 11) is 0. The zero-order valence-electron chi connectivity index (χ0n) is 10.1. The maximum Gasteiger partial charge on any atom is 0.0541 e. The van der Waals surface area contributed by atoms with E-state index in [1.165, 1.54) is 5.56 Å². The number of benzene rings is 1. The second-order valence-corrected chi connectivity index (χ2v) is 4.26. The lowest BCUT2D eigenvalue weighted by Gasteiger charge is -2.12. The summed E-state index contributed by atoms with van der Waals surface area (Å²) < 4.78 is 0. The highest BCUT2D eigenvalue weighted by Gasteiger charge is 2.03. The van der Waals surface area contributed by atoms with Crippen molar-refractivity contribution in [2.24, 2.45) is 0 Å². The lowest BCUT2D eigenvalue weighted by molar-refractivity contribution is 0.608. The summed E-state index contributed by atoms with van der Waals surface area (Å²) in [6.07, 6.45) is 1.83. The minimum absolute atomic E-state index is 0.528. The van der Waals surface area contributed by atoms with E-state index in [9.17, 15) is 0 Å². The van der Waals surface area contributed by atoms with Crippen LogP contribution in [0, 0.1) is 0 Å². The topological polar surface area (TPSA) is 24.9 Å².